The van der Waals surface area contributed by atoms with Gasteiger partial charge in [0.25, 0.3) is 0 Å². The van der Waals surface area contributed by atoms with Crippen molar-refractivity contribution < 1.29 is 19.5 Å². The standard InChI is InChI=1S/C17H29NO4/c18-12-3-1-2-5-15(19)6-4-7-16(20)13-8-10-14(11-9-13)17(21)22/h13-14H,1-12,18H2,(H,21,22). The third kappa shape index (κ3) is 7.16. The second-order valence-corrected chi connectivity index (χ2v) is 6.34. The molecule has 126 valence electrons. The molecule has 5 nitrogen and oxygen atoms in total. The van der Waals surface area contributed by atoms with E-state index in [0.29, 0.717) is 57.9 Å². The van der Waals surface area contributed by atoms with E-state index < -0.39 is 5.97 Å². The Labute approximate surface area is 132 Å². The smallest absolute Gasteiger partial charge is 0.306 e. The number of aliphatic carboxylic acids is 1. The lowest BCUT2D eigenvalue weighted by Crippen LogP contribution is -2.25. The molecule has 1 rings (SSSR count). The van der Waals surface area contributed by atoms with Crippen LogP contribution in [0, 0.1) is 11.8 Å². The highest BCUT2D eigenvalue weighted by Crippen LogP contribution is 2.30. The minimum atomic E-state index is -0.744. The number of carbonyl (C=O) groups is 3. The Morgan fingerprint density at radius 3 is 2.00 bits per heavy atom. The first kappa shape index (κ1) is 18.8. The van der Waals surface area contributed by atoms with Gasteiger partial charge in [0.05, 0.1) is 5.92 Å². The van der Waals surface area contributed by atoms with E-state index in [4.69, 9.17) is 10.8 Å². The van der Waals surface area contributed by atoms with Gasteiger partial charge in [-0.2, -0.15) is 0 Å². The van der Waals surface area contributed by atoms with E-state index in [0.717, 1.165) is 19.3 Å². The van der Waals surface area contributed by atoms with Gasteiger partial charge in [-0.3, -0.25) is 14.4 Å². The number of carbonyl (C=O) groups excluding carboxylic acids is 2. The maximum absolute atomic E-state index is 12.1. The first-order chi connectivity index (χ1) is 10.5. The molecule has 1 saturated carbocycles. The van der Waals surface area contributed by atoms with Gasteiger partial charge >= 0.3 is 5.97 Å². The first-order valence-electron chi connectivity index (χ1n) is 8.52. The average molecular weight is 311 g/mol. The largest absolute Gasteiger partial charge is 0.481 e. The number of nitrogens with two attached hydrogens (primary N) is 1. The molecular weight excluding hydrogens is 282 g/mol. The summed E-state index contributed by atoms with van der Waals surface area (Å²) in [6.07, 6.45) is 7.59. The van der Waals surface area contributed by atoms with E-state index in [1.807, 2.05) is 0 Å². The summed E-state index contributed by atoms with van der Waals surface area (Å²) in [7, 11) is 0. The Bertz CT molecular complexity index is 373. The van der Waals surface area contributed by atoms with E-state index >= 15 is 0 Å². The summed E-state index contributed by atoms with van der Waals surface area (Å²) in [6, 6.07) is 0. The topological polar surface area (TPSA) is 97.5 Å². The highest BCUT2D eigenvalue weighted by Gasteiger charge is 2.29. The fourth-order valence-corrected chi connectivity index (χ4v) is 3.09. The zero-order valence-corrected chi connectivity index (χ0v) is 13.4. The predicted octanol–water partition coefficient (Wildman–Crippen LogP) is 2.71. The number of Topliss-reactive ketones (excluding diaryl/α,β-unsaturated/α-hetero) is 2. The van der Waals surface area contributed by atoms with Crippen LogP contribution in [0.4, 0.5) is 0 Å². The van der Waals surface area contributed by atoms with Crippen molar-refractivity contribution in [2.45, 2.75) is 70.6 Å². The van der Waals surface area contributed by atoms with Crippen molar-refractivity contribution in [2.75, 3.05) is 6.54 Å². The Morgan fingerprint density at radius 1 is 0.818 bits per heavy atom. The summed E-state index contributed by atoms with van der Waals surface area (Å²) in [5, 5.41) is 8.94. The highest BCUT2D eigenvalue weighted by molar-refractivity contribution is 5.83. The van der Waals surface area contributed by atoms with Crippen LogP contribution in [0.15, 0.2) is 0 Å². The highest BCUT2D eigenvalue weighted by atomic mass is 16.4. The molecule has 0 radical (unpaired) electrons. The second kappa shape index (κ2) is 10.5. The molecule has 1 aliphatic rings. The van der Waals surface area contributed by atoms with Crippen molar-refractivity contribution in [3.05, 3.63) is 0 Å². The van der Waals surface area contributed by atoms with Crippen LogP contribution in [0.2, 0.25) is 0 Å². The van der Waals surface area contributed by atoms with Gasteiger partial charge in [0.2, 0.25) is 0 Å². The minimum absolute atomic E-state index is 0.00950. The lowest BCUT2D eigenvalue weighted by molar-refractivity contribution is -0.144. The Balaban J connectivity index is 2.11. The Hall–Kier alpha value is -1.23. The van der Waals surface area contributed by atoms with Crippen molar-refractivity contribution in [3.8, 4) is 0 Å². The summed E-state index contributed by atoms with van der Waals surface area (Å²) in [5.41, 5.74) is 5.40. The molecule has 3 N–H and O–H groups in total. The number of hydrogen-bond donors (Lipinski definition) is 2. The van der Waals surface area contributed by atoms with Crippen LogP contribution in [0.5, 0.6) is 0 Å². The molecule has 0 heterocycles. The van der Waals surface area contributed by atoms with Crippen molar-refractivity contribution >= 4 is 17.5 Å². The summed E-state index contributed by atoms with van der Waals surface area (Å²) in [5.74, 6) is -0.570. The predicted molar refractivity (Wildman–Crippen MR) is 84.5 cm³/mol. The van der Waals surface area contributed by atoms with Crippen LogP contribution in [-0.2, 0) is 14.4 Å². The first-order valence-corrected chi connectivity index (χ1v) is 8.52. The Kier molecular flexibility index (Phi) is 8.97. The summed E-state index contributed by atoms with van der Waals surface area (Å²) >= 11 is 0. The molecule has 0 amide bonds. The second-order valence-electron chi connectivity index (χ2n) is 6.34. The molecule has 0 bridgehead atoms. The molecule has 22 heavy (non-hydrogen) atoms. The molecule has 1 aliphatic carbocycles. The number of ketones is 2. The summed E-state index contributed by atoms with van der Waals surface area (Å²) in [6.45, 7) is 0.673. The number of hydrogen-bond acceptors (Lipinski definition) is 4. The van der Waals surface area contributed by atoms with Crippen molar-refractivity contribution in [1.29, 1.82) is 0 Å². The number of carboxylic acids is 1. The summed E-state index contributed by atoms with van der Waals surface area (Å²) in [4.78, 5) is 34.6. The van der Waals surface area contributed by atoms with Crippen LogP contribution in [0.3, 0.4) is 0 Å². The zero-order valence-electron chi connectivity index (χ0n) is 13.4. The van der Waals surface area contributed by atoms with Gasteiger partial charge < -0.3 is 10.8 Å². The SMILES string of the molecule is NCCCCCC(=O)CCCC(=O)C1CCC(C(=O)O)CC1. The molecule has 0 aromatic carbocycles. The van der Waals surface area contributed by atoms with Gasteiger partial charge in [0.15, 0.2) is 0 Å². The van der Waals surface area contributed by atoms with E-state index in [1.54, 1.807) is 0 Å². The fraction of sp³-hybridized carbons (Fsp3) is 0.824. The van der Waals surface area contributed by atoms with Crippen LogP contribution in [0.25, 0.3) is 0 Å². The van der Waals surface area contributed by atoms with Gasteiger partial charge in [-0.25, -0.2) is 0 Å². The molecular formula is C17H29NO4. The van der Waals surface area contributed by atoms with Gasteiger partial charge in [-0.15, -0.1) is 0 Å². The van der Waals surface area contributed by atoms with E-state index in [2.05, 4.69) is 0 Å². The molecule has 1 fully saturated rings. The molecule has 0 spiro atoms. The van der Waals surface area contributed by atoms with Gasteiger partial charge in [0, 0.05) is 25.2 Å². The minimum Gasteiger partial charge on any atom is -0.481 e. The molecule has 0 aliphatic heterocycles. The average Bonchev–Trinajstić information content (AvgIpc) is 2.51. The maximum atomic E-state index is 12.1. The Morgan fingerprint density at radius 2 is 1.41 bits per heavy atom. The van der Waals surface area contributed by atoms with Crippen LogP contribution >= 0.6 is 0 Å². The quantitative estimate of drug-likeness (QED) is 0.572. The molecule has 0 aromatic heterocycles. The monoisotopic (exact) mass is 311 g/mol. The lowest BCUT2D eigenvalue weighted by atomic mass is 9.79. The van der Waals surface area contributed by atoms with E-state index in [1.165, 1.54) is 0 Å². The van der Waals surface area contributed by atoms with E-state index in [-0.39, 0.29) is 23.4 Å². The van der Waals surface area contributed by atoms with Gasteiger partial charge in [-0.1, -0.05) is 6.42 Å². The van der Waals surface area contributed by atoms with E-state index in [9.17, 15) is 14.4 Å². The van der Waals surface area contributed by atoms with Crippen LogP contribution < -0.4 is 5.73 Å². The molecule has 0 atom stereocenters. The third-order valence-electron chi connectivity index (χ3n) is 4.57. The summed E-state index contributed by atoms with van der Waals surface area (Å²) < 4.78 is 0. The number of carboxylic acid groups (broad SMARTS) is 1. The van der Waals surface area contributed by atoms with Crippen molar-refractivity contribution in [1.82, 2.24) is 0 Å². The normalized spacial score (nSPS) is 21.5. The number of unbranched alkanes of at least 4 members (excludes halogenated alkanes) is 2. The lowest BCUT2D eigenvalue weighted by Gasteiger charge is -2.24. The van der Waals surface area contributed by atoms with Crippen molar-refractivity contribution in [3.63, 3.8) is 0 Å². The van der Waals surface area contributed by atoms with Crippen LogP contribution in [0.1, 0.15) is 70.6 Å². The molecule has 0 aromatic rings. The van der Waals surface area contributed by atoms with Gasteiger partial charge in [-0.05, 0) is 51.5 Å². The molecule has 0 unspecified atom stereocenters. The fourth-order valence-electron chi connectivity index (χ4n) is 3.09. The zero-order chi connectivity index (χ0) is 16.4. The molecule has 5 heteroatoms. The number of rotatable bonds is 11. The molecule has 0 saturated heterocycles. The van der Waals surface area contributed by atoms with Crippen molar-refractivity contribution in [2.24, 2.45) is 17.6 Å². The maximum Gasteiger partial charge on any atom is 0.306 e. The third-order valence-corrected chi connectivity index (χ3v) is 4.57. The van der Waals surface area contributed by atoms with Gasteiger partial charge in [0.1, 0.15) is 11.6 Å². The van der Waals surface area contributed by atoms with Crippen LogP contribution in [-0.4, -0.2) is 29.2 Å².